The fourth-order valence-electron chi connectivity index (χ4n) is 1.49. The number of fused-ring (bicyclic) bond motifs is 3. The fourth-order valence-corrected chi connectivity index (χ4v) is 1.49. The Bertz CT molecular complexity index is 705. The molecule has 0 atom stereocenters. The molecule has 3 aromatic rings. The Hall–Kier alpha value is -2.30. The third-order valence-electron chi connectivity index (χ3n) is 2.13. The highest BCUT2D eigenvalue weighted by Crippen LogP contribution is 2.17. The molecule has 0 aromatic carbocycles. The summed E-state index contributed by atoms with van der Waals surface area (Å²) in [6.07, 6.45) is 4.51. The normalized spacial score (nSPS) is 10.9. The van der Waals surface area contributed by atoms with Crippen molar-refractivity contribution in [2.75, 3.05) is 0 Å². The van der Waals surface area contributed by atoms with Gasteiger partial charge in [-0.15, -0.1) is 0 Å². The lowest BCUT2D eigenvalue weighted by atomic mass is 10.2. The second-order valence-corrected chi connectivity index (χ2v) is 3.02. The maximum Gasteiger partial charge on any atom is 0.363 e. The van der Waals surface area contributed by atoms with E-state index < -0.39 is 5.63 Å². The molecule has 3 aromatic heterocycles. The van der Waals surface area contributed by atoms with E-state index in [1.807, 2.05) is 0 Å². The molecule has 0 radical (unpaired) electrons. The van der Waals surface area contributed by atoms with Gasteiger partial charge in [-0.25, -0.2) is 14.8 Å². The summed E-state index contributed by atoms with van der Waals surface area (Å²) in [6.45, 7) is 0. The number of aromatic nitrogens is 3. The lowest BCUT2D eigenvalue weighted by molar-refractivity contribution is 0.566. The topological polar surface area (TPSA) is 68.9 Å². The van der Waals surface area contributed by atoms with Gasteiger partial charge in [0.25, 0.3) is 0 Å². The van der Waals surface area contributed by atoms with Gasteiger partial charge in [-0.05, 0) is 12.1 Å². The largest absolute Gasteiger partial charge is 0.419 e. The molecular weight excluding hydrogens is 194 g/mol. The van der Waals surface area contributed by atoms with E-state index in [2.05, 4.69) is 15.0 Å². The molecule has 0 aliphatic carbocycles. The zero-order chi connectivity index (χ0) is 10.3. The van der Waals surface area contributed by atoms with Crippen molar-refractivity contribution in [1.29, 1.82) is 0 Å². The predicted molar refractivity (Wildman–Crippen MR) is 53.4 cm³/mol. The summed E-state index contributed by atoms with van der Waals surface area (Å²) in [5, 5.41) is 0.615. The van der Waals surface area contributed by atoms with Crippen molar-refractivity contribution in [2.45, 2.75) is 0 Å². The maximum absolute atomic E-state index is 11.5. The summed E-state index contributed by atoms with van der Waals surface area (Å²) in [7, 11) is 0. The van der Waals surface area contributed by atoms with Crippen LogP contribution in [-0.4, -0.2) is 15.0 Å². The van der Waals surface area contributed by atoms with Gasteiger partial charge in [0, 0.05) is 12.4 Å². The molecule has 0 N–H and O–H groups in total. The molecule has 15 heavy (non-hydrogen) atoms. The summed E-state index contributed by atoms with van der Waals surface area (Å²) in [5.41, 5.74) is 0.849. The van der Waals surface area contributed by atoms with Gasteiger partial charge in [0.1, 0.15) is 11.8 Å². The first-order valence-electron chi connectivity index (χ1n) is 4.34. The number of nitrogens with zero attached hydrogens (tertiary/aromatic N) is 3. The minimum Gasteiger partial charge on any atom is -0.419 e. The highest BCUT2D eigenvalue weighted by molar-refractivity contribution is 5.99. The van der Waals surface area contributed by atoms with Gasteiger partial charge < -0.3 is 4.42 Å². The van der Waals surface area contributed by atoms with E-state index in [0.29, 0.717) is 16.5 Å². The first-order valence-corrected chi connectivity index (χ1v) is 4.34. The van der Waals surface area contributed by atoms with Crippen LogP contribution in [-0.2, 0) is 0 Å². The Morgan fingerprint density at radius 3 is 3.07 bits per heavy atom. The number of pyridine rings is 1. The van der Waals surface area contributed by atoms with Crippen molar-refractivity contribution in [1.82, 2.24) is 15.0 Å². The highest BCUT2D eigenvalue weighted by atomic mass is 16.4. The minimum absolute atomic E-state index is 0.260. The molecular formula is C10H5N3O2. The third kappa shape index (κ3) is 1.10. The quantitative estimate of drug-likeness (QED) is 0.507. The van der Waals surface area contributed by atoms with Gasteiger partial charge in [0.15, 0.2) is 11.1 Å². The van der Waals surface area contributed by atoms with Crippen LogP contribution < -0.4 is 5.63 Å². The zero-order valence-corrected chi connectivity index (χ0v) is 7.54. The van der Waals surface area contributed by atoms with Crippen LogP contribution in [0.15, 0.2) is 40.1 Å². The first kappa shape index (κ1) is 8.05. The summed E-state index contributed by atoms with van der Waals surface area (Å²) in [4.78, 5) is 23.4. The Morgan fingerprint density at radius 2 is 2.13 bits per heavy atom. The van der Waals surface area contributed by atoms with Crippen molar-refractivity contribution >= 4 is 22.0 Å². The van der Waals surface area contributed by atoms with Crippen LogP contribution >= 0.6 is 0 Å². The Morgan fingerprint density at radius 1 is 1.20 bits per heavy atom. The van der Waals surface area contributed by atoms with Gasteiger partial charge >= 0.3 is 5.63 Å². The van der Waals surface area contributed by atoms with E-state index >= 15 is 0 Å². The number of hydrogen-bond acceptors (Lipinski definition) is 5. The molecule has 0 amide bonds. The number of rotatable bonds is 0. The molecule has 0 unspecified atom stereocenters. The van der Waals surface area contributed by atoms with Gasteiger partial charge in [0.2, 0.25) is 0 Å². The van der Waals surface area contributed by atoms with E-state index in [1.165, 1.54) is 6.33 Å². The minimum atomic E-state index is -0.465. The summed E-state index contributed by atoms with van der Waals surface area (Å²) >= 11 is 0. The second-order valence-electron chi connectivity index (χ2n) is 3.02. The van der Waals surface area contributed by atoms with Crippen LogP contribution in [0.25, 0.3) is 22.0 Å². The van der Waals surface area contributed by atoms with Crippen LogP contribution in [0, 0.1) is 0 Å². The average Bonchev–Trinajstić information content (AvgIpc) is 2.30. The van der Waals surface area contributed by atoms with Crippen molar-refractivity contribution < 1.29 is 4.42 Å². The van der Waals surface area contributed by atoms with E-state index in [-0.39, 0.29) is 5.52 Å². The van der Waals surface area contributed by atoms with E-state index in [9.17, 15) is 4.79 Å². The van der Waals surface area contributed by atoms with Crippen LogP contribution in [0.5, 0.6) is 0 Å². The van der Waals surface area contributed by atoms with Gasteiger partial charge in [-0.2, -0.15) is 0 Å². The average molecular weight is 199 g/mol. The molecule has 0 aliphatic heterocycles. The Labute approximate surface area is 83.4 Å². The molecule has 0 bridgehead atoms. The molecule has 5 nitrogen and oxygen atoms in total. The molecule has 0 saturated heterocycles. The standard InChI is InChI=1S/C10H5N3O2/c14-10-9-6(4-11-5-13-9)8-7(15-10)2-1-3-12-8/h1-5H. The van der Waals surface area contributed by atoms with Gasteiger partial charge in [-0.1, -0.05) is 0 Å². The van der Waals surface area contributed by atoms with E-state index in [1.54, 1.807) is 24.5 Å². The van der Waals surface area contributed by atoms with Crippen LogP contribution in [0.3, 0.4) is 0 Å². The van der Waals surface area contributed by atoms with Gasteiger partial charge in [-0.3, -0.25) is 4.98 Å². The number of hydrogen-bond donors (Lipinski definition) is 0. The smallest absolute Gasteiger partial charge is 0.363 e. The fraction of sp³-hybridized carbons (Fsp3) is 0. The molecule has 0 spiro atoms. The summed E-state index contributed by atoms with van der Waals surface area (Å²) in [5.74, 6) is 0. The van der Waals surface area contributed by atoms with Crippen molar-refractivity contribution in [2.24, 2.45) is 0 Å². The van der Waals surface area contributed by atoms with Crippen LogP contribution in [0.2, 0.25) is 0 Å². The van der Waals surface area contributed by atoms with Crippen LogP contribution in [0.4, 0.5) is 0 Å². The van der Waals surface area contributed by atoms with Crippen molar-refractivity contribution in [3.8, 4) is 0 Å². The lowest BCUT2D eigenvalue weighted by Crippen LogP contribution is -2.02. The SMILES string of the molecule is O=c1oc2cccnc2c2cncnc12. The van der Waals surface area contributed by atoms with Crippen molar-refractivity contribution in [3.05, 3.63) is 41.3 Å². The van der Waals surface area contributed by atoms with Crippen molar-refractivity contribution in [3.63, 3.8) is 0 Å². The molecule has 5 heteroatoms. The monoisotopic (exact) mass is 199 g/mol. The Balaban J connectivity index is 2.70. The highest BCUT2D eigenvalue weighted by Gasteiger charge is 2.07. The third-order valence-corrected chi connectivity index (χ3v) is 2.13. The van der Waals surface area contributed by atoms with E-state index in [0.717, 1.165) is 0 Å². The molecule has 0 fully saturated rings. The first-order chi connectivity index (χ1) is 7.36. The Kier molecular flexibility index (Phi) is 1.53. The van der Waals surface area contributed by atoms with E-state index in [4.69, 9.17) is 4.42 Å². The molecule has 3 heterocycles. The molecule has 0 saturated carbocycles. The zero-order valence-electron chi connectivity index (χ0n) is 7.54. The molecule has 72 valence electrons. The van der Waals surface area contributed by atoms with Gasteiger partial charge in [0.05, 0.1) is 5.39 Å². The maximum atomic E-state index is 11.5. The predicted octanol–water partition coefficient (Wildman–Crippen LogP) is 1.13. The summed E-state index contributed by atoms with van der Waals surface area (Å²) < 4.78 is 5.07. The lowest BCUT2D eigenvalue weighted by Gasteiger charge is -1.98. The molecule has 0 aliphatic rings. The summed E-state index contributed by atoms with van der Waals surface area (Å²) in [6, 6.07) is 3.40. The molecule has 3 rings (SSSR count). The second kappa shape index (κ2) is 2.84. The van der Waals surface area contributed by atoms with Crippen LogP contribution in [0.1, 0.15) is 0 Å².